The van der Waals surface area contributed by atoms with Crippen molar-refractivity contribution in [3.8, 4) is 0 Å². The number of halogens is 2. The van der Waals surface area contributed by atoms with Crippen molar-refractivity contribution in [1.82, 2.24) is 9.88 Å². The van der Waals surface area contributed by atoms with Crippen LogP contribution in [-0.2, 0) is 9.59 Å². The van der Waals surface area contributed by atoms with E-state index >= 15 is 0 Å². The van der Waals surface area contributed by atoms with Crippen LogP contribution in [0.2, 0.25) is 10.0 Å². The van der Waals surface area contributed by atoms with Crippen LogP contribution in [0.15, 0.2) is 46.9 Å². The summed E-state index contributed by atoms with van der Waals surface area (Å²) >= 11 is 12.1. The van der Waals surface area contributed by atoms with Crippen molar-refractivity contribution in [1.29, 1.82) is 0 Å². The number of para-hydroxylation sites is 2. The fraction of sp³-hybridized carbons (Fsp3) is 0.318. The number of oxazole rings is 1. The molecule has 2 saturated heterocycles. The number of likely N-dealkylation sites (tertiary alicyclic amines) is 1. The number of hydrogen-bond acceptors (Lipinski definition) is 5. The van der Waals surface area contributed by atoms with Gasteiger partial charge in [-0.05, 0) is 56.3 Å². The molecule has 2 aliphatic heterocycles. The normalized spacial score (nSPS) is 21.1. The number of carbonyl (C=O) groups is 2. The first-order valence-corrected chi connectivity index (χ1v) is 10.7. The quantitative estimate of drug-likeness (QED) is 0.551. The maximum Gasteiger partial charge on any atom is 0.251 e. The Morgan fingerprint density at radius 2 is 1.70 bits per heavy atom. The van der Waals surface area contributed by atoms with Crippen LogP contribution >= 0.6 is 23.2 Å². The van der Waals surface area contributed by atoms with E-state index in [9.17, 15) is 9.59 Å². The Morgan fingerprint density at radius 3 is 2.40 bits per heavy atom. The zero-order valence-corrected chi connectivity index (χ0v) is 17.6. The van der Waals surface area contributed by atoms with Crippen molar-refractivity contribution in [3.05, 3.63) is 58.4 Å². The second kappa shape index (κ2) is 7.69. The van der Waals surface area contributed by atoms with E-state index in [4.69, 9.17) is 27.6 Å². The summed E-state index contributed by atoms with van der Waals surface area (Å²) < 4.78 is 5.92. The molecule has 0 N–H and O–H groups in total. The number of nitrogens with zero attached hydrogens (tertiary/aromatic N) is 3. The van der Waals surface area contributed by atoms with Crippen LogP contribution in [0.3, 0.4) is 0 Å². The maximum absolute atomic E-state index is 13.1. The van der Waals surface area contributed by atoms with E-state index in [1.54, 1.807) is 18.2 Å². The summed E-state index contributed by atoms with van der Waals surface area (Å²) in [5.41, 5.74) is 2.08. The van der Waals surface area contributed by atoms with Gasteiger partial charge >= 0.3 is 0 Å². The molecule has 0 spiro atoms. The van der Waals surface area contributed by atoms with Crippen LogP contribution in [0, 0.1) is 0 Å². The van der Waals surface area contributed by atoms with Gasteiger partial charge in [-0.1, -0.05) is 35.3 Å². The Labute approximate surface area is 183 Å². The molecular weight excluding hydrogens is 425 g/mol. The molecule has 2 aliphatic rings. The average Bonchev–Trinajstić information content (AvgIpc) is 3.28. The summed E-state index contributed by atoms with van der Waals surface area (Å²) in [4.78, 5) is 33.6. The van der Waals surface area contributed by atoms with Crippen LogP contribution in [0.5, 0.6) is 0 Å². The van der Waals surface area contributed by atoms with Crippen molar-refractivity contribution < 1.29 is 14.0 Å². The number of anilines is 1. The van der Waals surface area contributed by atoms with Gasteiger partial charge in [0.1, 0.15) is 5.52 Å². The van der Waals surface area contributed by atoms with Gasteiger partial charge in [0.05, 0.1) is 18.2 Å². The zero-order chi connectivity index (χ0) is 20.8. The molecule has 0 unspecified atom stereocenters. The minimum Gasteiger partial charge on any atom is -0.440 e. The van der Waals surface area contributed by atoms with E-state index in [1.165, 1.54) is 4.90 Å². The van der Waals surface area contributed by atoms with E-state index in [-0.39, 0.29) is 24.2 Å². The molecule has 1 aromatic heterocycles. The Bertz CT molecular complexity index is 1080. The fourth-order valence-corrected chi connectivity index (χ4v) is 4.88. The molecule has 30 heavy (non-hydrogen) atoms. The molecule has 0 aliphatic carbocycles. The lowest BCUT2D eigenvalue weighted by molar-refractivity contribution is -0.123. The van der Waals surface area contributed by atoms with Gasteiger partial charge in [-0.2, -0.15) is 0 Å². The molecule has 3 aromatic rings. The Morgan fingerprint density at radius 1 is 1.00 bits per heavy atom. The smallest absolute Gasteiger partial charge is 0.251 e. The molecule has 8 heteroatoms. The van der Waals surface area contributed by atoms with Gasteiger partial charge in [-0.25, -0.2) is 9.88 Å². The number of hydrogen-bond donors (Lipinski definition) is 0. The number of rotatable bonds is 3. The zero-order valence-electron chi connectivity index (χ0n) is 16.1. The molecule has 6 nitrogen and oxygen atoms in total. The SMILES string of the molecule is O=C1C[C@H](N2CCC(c3nc4ccccc4o3)CC2)C(=O)N1c1cc(Cl)cc(Cl)c1. The van der Waals surface area contributed by atoms with E-state index in [0.29, 0.717) is 28.8 Å². The largest absolute Gasteiger partial charge is 0.440 e. The highest BCUT2D eigenvalue weighted by molar-refractivity contribution is 6.35. The third-order valence-electron chi connectivity index (χ3n) is 5.86. The predicted octanol–water partition coefficient (Wildman–Crippen LogP) is 4.65. The minimum absolute atomic E-state index is 0.163. The third kappa shape index (κ3) is 3.49. The first-order chi connectivity index (χ1) is 14.5. The lowest BCUT2D eigenvalue weighted by atomic mass is 9.95. The lowest BCUT2D eigenvalue weighted by Gasteiger charge is -2.33. The van der Waals surface area contributed by atoms with Gasteiger partial charge in [0.2, 0.25) is 5.91 Å². The minimum atomic E-state index is -0.458. The number of benzene rings is 2. The van der Waals surface area contributed by atoms with Gasteiger partial charge in [0.25, 0.3) is 5.91 Å². The van der Waals surface area contributed by atoms with Crippen LogP contribution < -0.4 is 4.90 Å². The number of aromatic nitrogens is 1. The molecule has 0 radical (unpaired) electrons. The summed E-state index contributed by atoms with van der Waals surface area (Å²) in [5.74, 6) is 0.506. The fourth-order valence-electron chi connectivity index (χ4n) is 4.36. The summed E-state index contributed by atoms with van der Waals surface area (Å²) in [5, 5.41) is 0.779. The molecule has 5 rings (SSSR count). The van der Waals surface area contributed by atoms with Gasteiger partial charge in [-0.3, -0.25) is 14.5 Å². The highest BCUT2D eigenvalue weighted by atomic mass is 35.5. The highest BCUT2D eigenvalue weighted by Gasteiger charge is 2.44. The van der Waals surface area contributed by atoms with E-state index in [1.807, 2.05) is 24.3 Å². The number of amides is 2. The summed E-state index contributed by atoms with van der Waals surface area (Å²) in [6.07, 6.45) is 1.82. The van der Waals surface area contributed by atoms with Crippen molar-refractivity contribution in [2.45, 2.75) is 31.2 Å². The number of imide groups is 1. The molecule has 2 aromatic carbocycles. The predicted molar refractivity (Wildman–Crippen MR) is 115 cm³/mol. The molecular formula is C22H19Cl2N3O3. The second-order valence-electron chi connectivity index (χ2n) is 7.75. The van der Waals surface area contributed by atoms with Crippen molar-refractivity contribution >= 4 is 51.8 Å². The van der Waals surface area contributed by atoms with Crippen molar-refractivity contribution in [3.63, 3.8) is 0 Å². The number of fused-ring (bicyclic) bond motifs is 1. The Kier molecular flexibility index (Phi) is 5.01. The summed E-state index contributed by atoms with van der Waals surface area (Å²) in [7, 11) is 0. The molecule has 3 heterocycles. The monoisotopic (exact) mass is 443 g/mol. The Balaban J connectivity index is 1.29. The first kappa shape index (κ1) is 19.5. The van der Waals surface area contributed by atoms with Gasteiger partial charge in [-0.15, -0.1) is 0 Å². The van der Waals surface area contributed by atoms with Crippen LogP contribution in [-0.4, -0.2) is 40.8 Å². The van der Waals surface area contributed by atoms with Gasteiger partial charge in [0.15, 0.2) is 11.5 Å². The maximum atomic E-state index is 13.1. The van der Waals surface area contributed by atoms with E-state index in [2.05, 4.69) is 9.88 Å². The lowest BCUT2D eigenvalue weighted by Crippen LogP contribution is -2.45. The van der Waals surface area contributed by atoms with Gasteiger partial charge < -0.3 is 4.42 Å². The van der Waals surface area contributed by atoms with E-state index in [0.717, 1.165) is 29.8 Å². The average molecular weight is 444 g/mol. The molecule has 2 fully saturated rings. The topological polar surface area (TPSA) is 66.7 Å². The molecule has 0 saturated carbocycles. The molecule has 2 amide bonds. The summed E-state index contributed by atoms with van der Waals surface area (Å²) in [6, 6.07) is 12.0. The van der Waals surface area contributed by atoms with E-state index < -0.39 is 6.04 Å². The summed E-state index contributed by atoms with van der Waals surface area (Å²) in [6.45, 7) is 1.41. The van der Waals surface area contributed by atoms with Gasteiger partial charge in [0, 0.05) is 16.0 Å². The molecule has 154 valence electrons. The molecule has 1 atom stereocenters. The molecule has 0 bridgehead atoms. The van der Waals surface area contributed by atoms with Crippen molar-refractivity contribution in [2.24, 2.45) is 0 Å². The van der Waals surface area contributed by atoms with Crippen molar-refractivity contribution in [2.75, 3.05) is 18.0 Å². The number of carbonyl (C=O) groups excluding carboxylic acids is 2. The Hall–Kier alpha value is -2.41. The highest BCUT2D eigenvalue weighted by Crippen LogP contribution is 2.34. The third-order valence-corrected chi connectivity index (χ3v) is 6.29. The standard InChI is InChI=1S/C22H19Cl2N3O3/c23-14-9-15(24)11-16(10-14)27-20(28)12-18(22(27)29)26-7-5-13(6-8-26)21-25-17-3-1-2-4-19(17)30-21/h1-4,9-11,13,18H,5-8,12H2/t18-/m0/s1. The first-order valence-electron chi connectivity index (χ1n) is 9.92. The number of piperidine rings is 1. The van der Waals surface area contributed by atoms with Crippen LogP contribution in [0.25, 0.3) is 11.1 Å². The van der Waals surface area contributed by atoms with Crippen LogP contribution in [0.4, 0.5) is 5.69 Å². The second-order valence-corrected chi connectivity index (χ2v) is 8.62. The van der Waals surface area contributed by atoms with Crippen LogP contribution in [0.1, 0.15) is 31.1 Å².